The zero-order valence-electron chi connectivity index (χ0n) is 13.6. The monoisotopic (exact) mass is 292 g/mol. The highest BCUT2D eigenvalue weighted by molar-refractivity contribution is 5.85. The van der Waals surface area contributed by atoms with E-state index in [0.717, 1.165) is 24.2 Å². The Bertz CT molecular complexity index is 436. The average Bonchev–Trinajstić information content (AvgIpc) is 3.07. The highest BCUT2D eigenvalue weighted by Gasteiger charge is 2.80. The fourth-order valence-corrected chi connectivity index (χ4v) is 6.59. The van der Waals surface area contributed by atoms with Crippen molar-refractivity contribution in [3.05, 3.63) is 0 Å². The van der Waals surface area contributed by atoms with Gasteiger partial charge in [0.15, 0.2) is 5.60 Å². The van der Waals surface area contributed by atoms with Gasteiger partial charge in [-0.3, -0.25) is 0 Å². The molecule has 2 atom stereocenters. The predicted molar refractivity (Wildman–Crippen MR) is 79.8 cm³/mol. The van der Waals surface area contributed by atoms with Crippen LogP contribution in [-0.2, 0) is 14.3 Å². The van der Waals surface area contributed by atoms with E-state index in [9.17, 15) is 4.79 Å². The van der Waals surface area contributed by atoms with E-state index in [1.807, 2.05) is 6.92 Å². The van der Waals surface area contributed by atoms with Crippen molar-refractivity contribution in [3.63, 3.8) is 0 Å². The van der Waals surface area contributed by atoms with Crippen LogP contribution in [0, 0.1) is 23.2 Å². The molecule has 1 saturated heterocycles. The van der Waals surface area contributed by atoms with E-state index in [1.54, 1.807) is 0 Å². The van der Waals surface area contributed by atoms with Crippen LogP contribution >= 0.6 is 0 Å². The van der Waals surface area contributed by atoms with Gasteiger partial charge < -0.3 is 9.47 Å². The molecule has 0 radical (unpaired) electrons. The summed E-state index contributed by atoms with van der Waals surface area (Å²) in [6.45, 7) is 6.61. The Hall–Kier alpha value is -0.570. The number of ether oxygens (including phenoxy) is 2. The number of epoxide rings is 1. The first kappa shape index (κ1) is 14.0. The molecule has 2 unspecified atom stereocenters. The molecule has 3 nitrogen and oxygen atoms in total. The fraction of sp³-hybridized carbons (Fsp3) is 0.944. The molecule has 5 rings (SSSR count). The van der Waals surface area contributed by atoms with Crippen molar-refractivity contribution in [2.45, 2.75) is 76.9 Å². The Morgan fingerprint density at radius 2 is 1.62 bits per heavy atom. The minimum Gasteiger partial charge on any atom is -0.464 e. The van der Waals surface area contributed by atoms with Gasteiger partial charge in [0.05, 0.1) is 6.61 Å². The van der Waals surface area contributed by atoms with Crippen molar-refractivity contribution in [2.24, 2.45) is 23.2 Å². The van der Waals surface area contributed by atoms with E-state index in [2.05, 4.69) is 13.8 Å². The van der Waals surface area contributed by atoms with Crippen LogP contribution in [0.25, 0.3) is 0 Å². The third-order valence-electron chi connectivity index (χ3n) is 7.26. The van der Waals surface area contributed by atoms with Crippen molar-refractivity contribution in [1.29, 1.82) is 0 Å². The van der Waals surface area contributed by atoms with E-state index in [-0.39, 0.29) is 17.0 Å². The first-order valence-corrected chi connectivity index (χ1v) is 8.86. The Labute approximate surface area is 127 Å². The normalized spacial score (nSPS) is 53.8. The molecule has 0 amide bonds. The van der Waals surface area contributed by atoms with E-state index in [0.29, 0.717) is 6.61 Å². The van der Waals surface area contributed by atoms with Crippen LogP contribution in [0.5, 0.6) is 0 Å². The summed E-state index contributed by atoms with van der Waals surface area (Å²) in [6, 6.07) is 0. The number of hydrogen-bond acceptors (Lipinski definition) is 3. The van der Waals surface area contributed by atoms with E-state index < -0.39 is 5.60 Å². The standard InChI is InChI=1S/C18H28O3/c1-4-18(15(19)20-5-2)16(3,21-18)17-9-12-6-13(10-17)8-14(7-12)11-17/h12-14H,4-11H2,1-3H3. The molecule has 118 valence electrons. The van der Waals surface area contributed by atoms with E-state index in [1.165, 1.54) is 38.5 Å². The van der Waals surface area contributed by atoms with Crippen molar-refractivity contribution < 1.29 is 14.3 Å². The van der Waals surface area contributed by atoms with Crippen LogP contribution in [0.3, 0.4) is 0 Å². The Kier molecular flexibility index (Phi) is 2.84. The molecule has 0 aromatic carbocycles. The van der Waals surface area contributed by atoms with Crippen LogP contribution in [0.2, 0.25) is 0 Å². The molecule has 4 saturated carbocycles. The average molecular weight is 292 g/mol. The van der Waals surface area contributed by atoms with E-state index >= 15 is 0 Å². The molecule has 5 aliphatic rings. The summed E-state index contributed by atoms with van der Waals surface area (Å²) in [7, 11) is 0. The van der Waals surface area contributed by atoms with Crippen molar-refractivity contribution in [3.8, 4) is 0 Å². The molecule has 3 heteroatoms. The lowest BCUT2D eigenvalue weighted by Crippen LogP contribution is -2.55. The maximum absolute atomic E-state index is 12.5. The number of esters is 1. The molecule has 0 aromatic rings. The Morgan fingerprint density at radius 3 is 2.05 bits per heavy atom. The molecule has 0 N–H and O–H groups in total. The largest absolute Gasteiger partial charge is 0.464 e. The van der Waals surface area contributed by atoms with Crippen molar-refractivity contribution in [1.82, 2.24) is 0 Å². The molecule has 4 bridgehead atoms. The summed E-state index contributed by atoms with van der Waals surface area (Å²) in [4.78, 5) is 12.5. The zero-order chi connectivity index (χ0) is 14.9. The number of carbonyl (C=O) groups excluding carboxylic acids is 1. The number of hydrogen-bond donors (Lipinski definition) is 0. The maximum atomic E-state index is 12.5. The van der Waals surface area contributed by atoms with Gasteiger partial charge in [-0.05, 0) is 76.5 Å². The van der Waals surface area contributed by atoms with E-state index in [4.69, 9.17) is 9.47 Å². The third kappa shape index (κ3) is 1.62. The summed E-state index contributed by atoms with van der Waals surface area (Å²) >= 11 is 0. The highest BCUT2D eigenvalue weighted by Crippen LogP contribution is 2.72. The van der Waals surface area contributed by atoms with Gasteiger partial charge in [-0.25, -0.2) is 4.79 Å². The van der Waals surface area contributed by atoms with Gasteiger partial charge in [0, 0.05) is 5.41 Å². The molecule has 4 aliphatic carbocycles. The van der Waals surface area contributed by atoms with Crippen molar-refractivity contribution in [2.75, 3.05) is 6.61 Å². The number of carbonyl (C=O) groups is 1. The SMILES string of the molecule is CCOC(=O)C1(CC)OC1(C)C12CC3CC(CC(C3)C1)C2. The molecule has 21 heavy (non-hydrogen) atoms. The summed E-state index contributed by atoms with van der Waals surface area (Å²) < 4.78 is 11.6. The second-order valence-corrected chi connectivity index (χ2v) is 8.23. The molecular formula is C18H28O3. The summed E-state index contributed by atoms with van der Waals surface area (Å²) in [5.41, 5.74) is -0.698. The van der Waals surface area contributed by atoms with Gasteiger partial charge >= 0.3 is 5.97 Å². The lowest BCUT2D eigenvalue weighted by Gasteiger charge is -2.58. The third-order valence-corrected chi connectivity index (χ3v) is 7.26. The van der Waals surface area contributed by atoms with Gasteiger partial charge in [0.1, 0.15) is 5.60 Å². The second-order valence-electron chi connectivity index (χ2n) is 8.23. The smallest absolute Gasteiger partial charge is 0.341 e. The molecule has 1 heterocycles. The lowest BCUT2D eigenvalue weighted by molar-refractivity contribution is -0.150. The summed E-state index contributed by atoms with van der Waals surface area (Å²) in [5.74, 6) is 2.53. The minimum atomic E-state index is -0.658. The Balaban J connectivity index is 1.66. The highest BCUT2D eigenvalue weighted by atomic mass is 16.7. The summed E-state index contributed by atoms with van der Waals surface area (Å²) in [5, 5.41) is 0. The van der Waals surface area contributed by atoms with Crippen molar-refractivity contribution >= 4 is 5.97 Å². The lowest BCUT2D eigenvalue weighted by atomic mass is 9.45. The first-order valence-electron chi connectivity index (χ1n) is 8.86. The van der Waals surface area contributed by atoms with Crippen LogP contribution in [0.1, 0.15) is 65.7 Å². The first-order chi connectivity index (χ1) is 9.98. The minimum absolute atomic E-state index is 0.120. The number of rotatable bonds is 4. The van der Waals surface area contributed by atoms with Crippen LogP contribution in [-0.4, -0.2) is 23.8 Å². The van der Waals surface area contributed by atoms with Gasteiger partial charge in [0.25, 0.3) is 0 Å². The van der Waals surface area contributed by atoms with Gasteiger partial charge in [-0.1, -0.05) is 6.92 Å². The maximum Gasteiger partial charge on any atom is 0.341 e. The zero-order valence-corrected chi connectivity index (χ0v) is 13.6. The Morgan fingerprint density at radius 1 is 1.10 bits per heavy atom. The van der Waals surface area contributed by atoms with Gasteiger partial charge in [-0.2, -0.15) is 0 Å². The molecular weight excluding hydrogens is 264 g/mol. The summed E-state index contributed by atoms with van der Waals surface area (Å²) in [6.07, 6.45) is 8.84. The topological polar surface area (TPSA) is 38.8 Å². The van der Waals surface area contributed by atoms with Gasteiger partial charge in [-0.15, -0.1) is 0 Å². The quantitative estimate of drug-likeness (QED) is 0.586. The predicted octanol–water partition coefficient (Wildman–Crippen LogP) is 3.70. The molecule has 0 aromatic heterocycles. The molecule has 5 fully saturated rings. The van der Waals surface area contributed by atoms with Crippen LogP contribution in [0.15, 0.2) is 0 Å². The fourth-order valence-electron chi connectivity index (χ4n) is 6.59. The molecule has 1 aliphatic heterocycles. The molecule has 0 spiro atoms. The van der Waals surface area contributed by atoms with Gasteiger partial charge in [0.2, 0.25) is 0 Å². The van der Waals surface area contributed by atoms with Crippen LogP contribution < -0.4 is 0 Å². The second kappa shape index (κ2) is 4.24. The van der Waals surface area contributed by atoms with Crippen LogP contribution in [0.4, 0.5) is 0 Å².